The van der Waals surface area contributed by atoms with Gasteiger partial charge in [-0.05, 0) is 13.8 Å². The first-order valence-corrected chi connectivity index (χ1v) is 7.08. The van der Waals surface area contributed by atoms with Gasteiger partial charge in [0.25, 0.3) is 0 Å². The van der Waals surface area contributed by atoms with Crippen molar-refractivity contribution in [2.24, 2.45) is 5.73 Å². The highest BCUT2D eigenvalue weighted by Crippen LogP contribution is 2.16. The van der Waals surface area contributed by atoms with E-state index in [-0.39, 0.29) is 11.5 Å². The molecule has 0 fully saturated rings. The van der Waals surface area contributed by atoms with E-state index in [1.807, 2.05) is 13.8 Å². The van der Waals surface area contributed by atoms with Crippen LogP contribution < -0.4 is 5.73 Å². The Morgan fingerprint density at radius 2 is 2.12 bits per heavy atom. The Balaban J connectivity index is 2.80. The summed E-state index contributed by atoms with van der Waals surface area (Å²) in [6.45, 7) is 5.80. The maximum Gasteiger partial charge on any atom is 0.151 e. The van der Waals surface area contributed by atoms with Gasteiger partial charge in [0.2, 0.25) is 0 Å². The van der Waals surface area contributed by atoms with Crippen LogP contribution in [0.15, 0.2) is 12.5 Å². The second-order valence-corrected chi connectivity index (χ2v) is 6.90. The molecule has 0 saturated carbocycles. The molecule has 0 aromatic carbocycles. The number of hydrogen-bond acceptors (Lipinski definition) is 4. The van der Waals surface area contributed by atoms with Crippen LogP contribution in [0.3, 0.4) is 0 Å². The van der Waals surface area contributed by atoms with E-state index in [0.29, 0.717) is 6.54 Å². The number of aromatic nitrogens is 2. The van der Waals surface area contributed by atoms with Crippen molar-refractivity contribution in [3.05, 3.63) is 18.2 Å². The Kier molecular flexibility index (Phi) is 3.75. The van der Waals surface area contributed by atoms with E-state index >= 15 is 0 Å². The van der Waals surface area contributed by atoms with E-state index in [1.165, 1.54) is 0 Å². The maximum absolute atomic E-state index is 11.4. The minimum absolute atomic E-state index is 0.128. The molecule has 0 atom stereocenters. The highest BCUT2D eigenvalue weighted by Gasteiger charge is 2.19. The highest BCUT2D eigenvalue weighted by molar-refractivity contribution is 7.91. The molecule has 0 saturated heterocycles. The van der Waals surface area contributed by atoms with Crippen LogP contribution in [0.5, 0.6) is 0 Å². The first-order chi connectivity index (χ1) is 7.26. The molecule has 0 radical (unpaired) electrons. The van der Waals surface area contributed by atoms with E-state index < -0.39 is 15.4 Å². The van der Waals surface area contributed by atoms with Gasteiger partial charge in [0.1, 0.15) is 0 Å². The number of sulfone groups is 1. The van der Waals surface area contributed by atoms with Crippen LogP contribution in [0.4, 0.5) is 0 Å². The van der Waals surface area contributed by atoms with Gasteiger partial charge < -0.3 is 10.3 Å². The second-order valence-electron chi connectivity index (χ2n) is 4.43. The van der Waals surface area contributed by atoms with Crippen molar-refractivity contribution in [1.29, 1.82) is 0 Å². The van der Waals surface area contributed by atoms with Gasteiger partial charge in [-0.3, -0.25) is 0 Å². The molecule has 1 rings (SSSR count). The zero-order chi connectivity index (χ0) is 12.4. The lowest BCUT2D eigenvalue weighted by Gasteiger charge is -2.20. The fraction of sp³-hybridized carbons (Fsp3) is 0.700. The molecule has 5 nitrogen and oxygen atoms in total. The summed E-state index contributed by atoms with van der Waals surface area (Å²) in [6.07, 6.45) is 3.30. The Morgan fingerprint density at radius 1 is 1.50 bits per heavy atom. The molecule has 0 spiro atoms. The van der Waals surface area contributed by atoms with Gasteiger partial charge in [-0.2, -0.15) is 0 Å². The standard InChI is InChI=1S/C10H19N3O2S/c1-4-16(14,15)6-5-13-8-12-7-9(13)10(2,3)11/h7-8H,4-6,11H2,1-3H3. The minimum Gasteiger partial charge on any atom is -0.332 e. The predicted octanol–water partition coefficient (Wildman–Crippen LogP) is 0.512. The number of hydrogen-bond donors (Lipinski definition) is 1. The molecule has 2 N–H and O–H groups in total. The zero-order valence-corrected chi connectivity index (χ0v) is 10.8. The Labute approximate surface area is 96.6 Å². The van der Waals surface area contributed by atoms with Gasteiger partial charge >= 0.3 is 0 Å². The molecule has 1 aromatic rings. The number of nitrogens with two attached hydrogens (primary N) is 1. The summed E-state index contributed by atoms with van der Waals surface area (Å²) in [5.74, 6) is 0.298. The summed E-state index contributed by atoms with van der Waals surface area (Å²) >= 11 is 0. The lowest BCUT2D eigenvalue weighted by molar-refractivity contribution is 0.497. The summed E-state index contributed by atoms with van der Waals surface area (Å²) in [7, 11) is -2.95. The molecule has 0 aliphatic carbocycles. The molecule has 0 amide bonds. The van der Waals surface area contributed by atoms with Crippen molar-refractivity contribution in [3.63, 3.8) is 0 Å². The number of imidazole rings is 1. The van der Waals surface area contributed by atoms with Gasteiger partial charge in [-0.25, -0.2) is 13.4 Å². The van der Waals surface area contributed by atoms with Gasteiger partial charge in [0.05, 0.1) is 23.3 Å². The molecule has 0 aliphatic rings. The quantitative estimate of drug-likeness (QED) is 0.820. The molecule has 0 bridgehead atoms. The third-order valence-corrected chi connectivity index (χ3v) is 4.14. The molecule has 0 unspecified atom stereocenters. The minimum atomic E-state index is -2.95. The van der Waals surface area contributed by atoms with Crippen molar-refractivity contribution >= 4 is 9.84 Å². The molecule has 16 heavy (non-hydrogen) atoms. The zero-order valence-electron chi connectivity index (χ0n) is 9.97. The van der Waals surface area contributed by atoms with Gasteiger partial charge in [-0.15, -0.1) is 0 Å². The fourth-order valence-electron chi connectivity index (χ4n) is 1.42. The summed E-state index contributed by atoms with van der Waals surface area (Å²) < 4.78 is 24.6. The smallest absolute Gasteiger partial charge is 0.151 e. The lowest BCUT2D eigenvalue weighted by Crippen LogP contribution is -2.32. The van der Waals surface area contributed by atoms with Crippen LogP contribution in [0.25, 0.3) is 0 Å². The van der Waals surface area contributed by atoms with Crippen molar-refractivity contribution in [1.82, 2.24) is 9.55 Å². The molecule has 6 heteroatoms. The average molecular weight is 245 g/mol. The molecule has 0 aliphatic heterocycles. The molecular weight excluding hydrogens is 226 g/mol. The van der Waals surface area contributed by atoms with Crippen molar-refractivity contribution in [2.75, 3.05) is 11.5 Å². The fourth-order valence-corrected chi connectivity index (χ4v) is 2.18. The normalized spacial score (nSPS) is 13.0. The summed E-state index contributed by atoms with van der Waals surface area (Å²) in [6, 6.07) is 0. The third-order valence-electron chi connectivity index (χ3n) is 2.46. The lowest BCUT2D eigenvalue weighted by atomic mass is 10.0. The Morgan fingerprint density at radius 3 is 2.62 bits per heavy atom. The van der Waals surface area contributed by atoms with E-state index in [1.54, 1.807) is 24.0 Å². The molecule has 1 heterocycles. The van der Waals surface area contributed by atoms with E-state index in [0.717, 1.165) is 5.69 Å². The Hall–Kier alpha value is -0.880. The van der Waals surface area contributed by atoms with Crippen molar-refractivity contribution < 1.29 is 8.42 Å². The van der Waals surface area contributed by atoms with Crippen molar-refractivity contribution in [2.45, 2.75) is 32.9 Å². The van der Waals surface area contributed by atoms with Crippen LogP contribution in [0.2, 0.25) is 0 Å². The number of aryl methyl sites for hydroxylation is 1. The average Bonchev–Trinajstić information content (AvgIpc) is 2.62. The number of nitrogens with zero attached hydrogens (tertiary/aromatic N) is 2. The Bertz CT molecular complexity index is 443. The van der Waals surface area contributed by atoms with E-state index in [2.05, 4.69) is 4.98 Å². The van der Waals surface area contributed by atoms with Crippen LogP contribution in [0.1, 0.15) is 26.5 Å². The number of rotatable bonds is 5. The topological polar surface area (TPSA) is 78.0 Å². The third kappa shape index (κ3) is 3.31. The SMILES string of the molecule is CCS(=O)(=O)CCn1cncc1C(C)(C)N. The molecular formula is C10H19N3O2S. The summed E-state index contributed by atoms with van der Waals surface area (Å²) in [5, 5.41) is 0. The first-order valence-electron chi connectivity index (χ1n) is 5.26. The van der Waals surface area contributed by atoms with Gasteiger partial charge in [0, 0.05) is 18.5 Å². The van der Waals surface area contributed by atoms with E-state index in [4.69, 9.17) is 5.73 Å². The van der Waals surface area contributed by atoms with Crippen LogP contribution in [-0.4, -0.2) is 29.5 Å². The van der Waals surface area contributed by atoms with Gasteiger partial charge in [-0.1, -0.05) is 6.92 Å². The monoisotopic (exact) mass is 245 g/mol. The summed E-state index contributed by atoms with van der Waals surface area (Å²) in [5.41, 5.74) is 6.30. The van der Waals surface area contributed by atoms with Crippen molar-refractivity contribution in [3.8, 4) is 0 Å². The second kappa shape index (κ2) is 4.55. The predicted molar refractivity (Wildman–Crippen MR) is 63.8 cm³/mol. The van der Waals surface area contributed by atoms with Gasteiger partial charge in [0.15, 0.2) is 9.84 Å². The largest absolute Gasteiger partial charge is 0.332 e. The van der Waals surface area contributed by atoms with Crippen LogP contribution in [0, 0.1) is 0 Å². The van der Waals surface area contributed by atoms with Crippen LogP contribution >= 0.6 is 0 Å². The maximum atomic E-state index is 11.4. The first kappa shape index (κ1) is 13.2. The summed E-state index contributed by atoms with van der Waals surface area (Å²) in [4.78, 5) is 4.00. The highest BCUT2D eigenvalue weighted by atomic mass is 32.2. The van der Waals surface area contributed by atoms with E-state index in [9.17, 15) is 8.42 Å². The van der Waals surface area contributed by atoms with Crippen LogP contribution in [-0.2, 0) is 21.9 Å². The molecule has 1 aromatic heterocycles. The molecule has 92 valence electrons.